The van der Waals surface area contributed by atoms with Crippen molar-refractivity contribution in [3.05, 3.63) is 58.4 Å². The highest BCUT2D eigenvalue weighted by atomic mass is 16.5. The molecule has 0 fully saturated rings. The molecule has 3 aromatic rings. The van der Waals surface area contributed by atoms with Crippen molar-refractivity contribution >= 4 is 12.2 Å². The number of anilines is 1. The summed E-state index contributed by atoms with van der Waals surface area (Å²) in [6.45, 7) is 2.26. The fourth-order valence-corrected chi connectivity index (χ4v) is 2.40. The smallest absolute Gasteiger partial charge is 0.279 e. The van der Waals surface area contributed by atoms with Gasteiger partial charge in [-0.15, -0.1) is 10.2 Å². The molecule has 0 unspecified atom stereocenters. The number of ether oxygens (including phenoxy) is 2. The second kappa shape index (κ2) is 8.67. The number of phenolic OH excluding ortho intramolecular Hbond substituents is 1. The number of para-hydroxylation sites is 1. The molecule has 3 N–H and O–H groups in total. The minimum Gasteiger partial charge on any atom is -0.504 e. The van der Waals surface area contributed by atoms with Crippen LogP contribution in [-0.4, -0.2) is 40.2 Å². The Labute approximate surface area is 160 Å². The van der Waals surface area contributed by atoms with Gasteiger partial charge in [0.1, 0.15) is 5.75 Å². The van der Waals surface area contributed by atoms with Gasteiger partial charge in [-0.05, 0) is 43.3 Å². The van der Waals surface area contributed by atoms with Crippen LogP contribution in [0.1, 0.15) is 12.5 Å². The Morgan fingerprint density at radius 2 is 2.00 bits per heavy atom. The average Bonchev–Trinajstić information content (AvgIpc) is 2.71. The predicted molar refractivity (Wildman–Crippen MR) is 105 cm³/mol. The highest BCUT2D eigenvalue weighted by molar-refractivity contribution is 5.85. The first-order chi connectivity index (χ1) is 13.6. The van der Waals surface area contributed by atoms with Crippen molar-refractivity contribution in [3.8, 4) is 28.5 Å². The molecule has 144 valence electrons. The molecule has 3 rings (SSSR count). The summed E-state index contributed by atoms with van der Waals surface area (Å²) < 4.78 is 10.4. The van der Waals surface area contributed by atoms with Gasteiger partial charge in [-0.2, -0.15) is 5.10 Å². The zero-order valence-electron chi connectivity index (χ0n) is 15.3. The highest BCUT2D eigenvalue weighted by Gasteiger charge is 2.08. The Morgan fingerprint density at radius 3 is 2.68 bits per heavy atom. The molecule has 2 aromatic carbocycles. The molecule has 0 spiro atoms. The number of aromatic amines is 1. The van der Waals surface area contributed by atoms with Crippen molar-refractivity contribution < 1.29 is 14.6 Å². The molecule has 1 heterocycles. The Morgan fingerprint density at radius 1 is 1.21 bits per heavy atom. The number of nitrogens with one attached hydrogen (secondary N) is 2. The van der Waals surface area contributed by atoms with E-state index in [1.807, 2.05) is 6.92 Å². The third-order valence-electron chi connectivity index (χ3n) is 3.76. The lowest BCUT2D eigenvalue weighted by Crippen LogP contribution is -2.15. The van der Waals surface area contributed by atoms with Gasteiger partial charge in [0.2, 0.25) is 5.95 Å². The molecule has 0 saturated heterocycles. The van der Waals surface area contributed by atoms with E-state index in [-0.39, 0.29) is 17.4 Å². The maximum Gasteiger partial charge on any atom is 0.279 e. The van der Waals surface area contributed by atoms with Crippen LogP contribution in [0.5, 0.6) is 17.2 Å². The van der Waals surface area contributed by atoms with E-state index in [1.165, 1.54) is 6.21 Å². The fourth-order valence-electron chi connectivity index (χ4n) is 2.40. The number of rotatable bonds is 7. The van der Waals surface area contributed by atoms with Gasteiger partial charge in [-0.3, -0.25) is 9.78 Å². The highest BCUT2D eigenvalue weighted by Crippen LogP contribution is 2.28. The second-order valence-electron chi connectivity index (χ2n) is 5.58. The third kappa shape index (κ3) is 4.26. The largest absolute Gasteiger partial charge is 0.504 e. The van der Waals surface area contributed by atoms with Crippen molar-refractivity contribution in [1.82, 2.24) is 15.2 Å². The van der Waals surface area contributed by atoms with Crippen molar-refractivity contribution in [2.45, 2.75) is 6.92 Å². The van der Waals surface area contributed by atoms with E-state index < -0.39 is 5.56 Å². The molecule has 0 aliphatic carbocycles. The molecule has 0 saturated carbocycles. The topological polar surface area (TPSA) is 122 Å². The predicted octanol–water partition coefficient (Wildman–Crippen LogP) is 2.39. The van der Waals surface area contributed by atoms with E-state index >= 15 is 0 Å². The number of benzene rings is 2. The summed E-state index contributed by atoms with van der Waals surface area (Å²) in [4.78, 5) is 14.8. The molecule has 9 nitrogen and oxygen atoms in total. The quantitative estimate of drug-likeness (QED) is 0.424. The second-order valence-corrected chi connectivity index (χ2v) is 5.58. The first-order valence-electron chi connectivity index (χ1n) is 8.47. The molecular formula is C19H19N5O4. The summed E-state index contributed by atoms with van der Waals surface area (Å²) in [5.41, 5.74) is 3.40. The van der Waals surface area contributed by atoms with Crippen LogP contribution in [0.15, 0.2) is 52.4 Å². The number of phenols is 1. The van der Waals surface area contributed by atoms with Crippen molar-refractivity contribution in [2.75, 3.05) is 19.1 Å². The number of aromatic nitrogens is 3. The number of hydrogen-bond acceptors (Lipinski definition) is 8. The average molecular weight is 381 g/mol. The lowest BCUT2D eigenvalue weighted by molar-refractivity contribution is 0.318. The normalized spacial score (nSPS) is 10.8. The van der Waals surface area contributed by atoms with Gasteiger partial charge in [-0.1, -0.05) is 6.07 Å². The molecule has 0 atom stereocenters. The Bertz CT molecular complexity index is 1030. The first kappa shape index (κ1) is 18.9. The summed E-state index contributed by atoms with van der Waals surface area (Å²) in [7, 11) is 1.56. The van der Waals surface area contributed by atoms with Crippen LogP contribution in [0, 0.1) is 0 Å². The summed E-state index contributed by atoms with van der Waals surface area (Å²) in [5, 5.41) is 21.9. The van der Waals surface area contributed by atoms with E-state index in [0.717, 1.165) is 0 Å². The third-order valence-corrected chi connectivity index (χ3v) is 3.76. The summed E-state index contributed by atoms with van der Waals surface area (Å²) >= 11 is 0. The summed E-state index contributed by atoms with van der Waals surface area (Å²) in [6.07, 6.45) is 1.38. The van der Waals surface area contributed by atoms with E-state index in [9.17, 15) is 9.90 Å². The summed E-state index contributed by atoms with van der Waals surface area (Å²) in [5.74, 6) is 1.09. The lowest BCUT2D eigenvalue weighted by Gasteiger charge is -2.07. The first-order valence-corrected chi connectivity index (χ1v) is 8.47. The molecule has 1 aromatic heterocycles. The lowest BCUT2D eigenvalue weighted by atomic mass is 10.1. The number of nitrogens with zero attached hydrogens (tertiary/aromatic N) is 3. The van der Waals surface area contributed by atoms with Crippen LogP contribution in [0.4, 0.5) is 5.95 Å². The minimum atomic E-state index is -0.418. The number of hydrogen-bond donors (Lipinski definition) is 3. The fraction of sp³-hybridized carbons (Fsp3) is 0.158. The number of H-pyrrole nitrogens is 1. The van der Waals surface area contributed by atoms with E-state index in [1.54, 1.807) is 49.6 Å². The van der Waals surface area contributed by atoms with Crippen LogP contribution >= 0.6 is 0 Å². The standard InChI is InChI=1S/C19H19N5O4/c1-3-28-15-6-4-5-13(17(15)25)11-20-23-19-21-18(26)16(22-24-19)12-7-9-14(27-2)10-8-12/h4-11,25H,3H2,1-2H3,(H2,21,23,24,26)/b20-11+. The van der Waals surface area contributed by atoms with Crippen molar-refractivity contribution in [2.24, 2.45) is 5.10 Å². The van der Waals surface area contributed by atoms with Gasteiger partial charge in [0.05, 0.1) is 19.9 Å². The maximum atomic E-state index is 12.3. The van der Waals surface area contributed by atoms with E-state index in [2.05, 4.69) is 25.7 Å². The molecule has 0 amide bonds. The molecule has 28 heavy (non-hydrogen) atoms. The van der Waals surface area contributed by atoms with E-state index in [0.29, 0.717) is 29.2 Å². The van der Waals surface area contributed by atoms with Crippen LogP contribution in [0.25, 0.3) is 11.3 Å². The number of aromatic hydroxyl groups is 1. The SMILES string of the molecule is CCOc1cccc(/C=N/Nc2nnc(-c3ccc(OC)cc3)c(=O)[nH]2)c1O. The minimum absolute atomic E-state index is 0.0238. The molecule has 0 aliphatic heterocycles. The molecule has 0 bridgehead atoms. The zero-order valence-corrected chi connectivity index (χ0v) is 15.3. The monoisotopic (exact) mass is 381 g/mol. The van der Waals surface area contributed by atoms with Crippen molar-refractivity contribution in [1.29, 1.82) is 0 Å². The Balaban J connectivity index is 1.73. The zero-order chi connectivity index (χ0) is 19.9. The van der Waals surface area contributed by atoms with E-state index in [4.69, 9.17) is 9.47 Å². The Kier molecular flexibility index (Phi) is 5.85. The molecular weight excluding hydrogens is 362 g/mol. The van der Waals surface area contributed by atoms with Crippen LogP contribution in [0.2, 0.25) is 0 Å². The van der Waals surface area contributed by atoms with Crippen molar-refractivity contribution in [3.63, 3.8) is 0 Å². The van der Waals surface area contributed by atoms with Gasteiger partial charge < -0.3 is 14.6 Å². The maximum absolute atomic E-state index is 12.3. The van der Waals surface area contributed by atoms with Gasteiger partial charge in [0.15, 0.2) is 17.2 Å². The van der Waals surface area contributed by atoms with Crippen LogP contribution in [0.3, 0.4) is 0 Å². The Hall–Kier alpha value is -3.88. The van der Waals surface area contributed by atoms with Gasteiger partial charge >= 0.3 is 0 Å². The number of hydrazone groups is 1. The van der Waals surface area contributed by atoms with Gasteiger partial charge in [0.25, 0.3) is 5.56 Å². The molecule has 9 heteroatoms. The van der Waals surface area contributed by atoms with Gasteiger partial charge in [-0.25, -0.2) is 5.43 Å². The summed E-state index contributed by atoms with van der Waals surface area (Å²) in [6, 6.07) is 12.0. The van der Waals surface area contributed by atoms with Crippen LogP contribution in [-0.2, 0) is 0 Å². The molecule has 0 aliphatic rings. The van der Waals surface area contributed by atoms with Crippen LogP contribution < -0.4 is 20.5 Å². The van der Waals surface area contributed by atoms with Gasteiger partial charge in [0, 0.05) is 11.1 Å². The number of methoxy groups -OCH3 is 1. The molecule has 0 radical (unpaired) electrons.